The van der Waals surface area contributed by atoms with Crippen molar-refractivity contribution in [3.05, 3.63) is 35.9 Å². The molecule has 0 aromatic heterocycles. The average molecular weight is 282 g/mol. The van der Waals surface area contributed by atoms with Crippen LogP contribution in [-0.4, -0.2) is 24.2 Å². The molecular weight excluding hydrogens is 266 g/mol. The summed E-state index contributed by atoms with van der Waals surface area (Å²) in [5, 5.41) is 3.35. The van der Waals surface area contributed by atoms with Gasteiger partial charge in [0, 0.05) is 5.41 Å². The molecule has 0 spiro atoms. The number of hydrogen-bond donors (Lipinski definition) is 1. The Kier molecular flexibility index (Phi) is 3.77. The van der Waals surface area contributed by atoms with Crippen LogP contribution in [0.2, 0.25) is 0 Å². The zero-order valence-corrected chi connectivity index (χ0v) is 10.7. The monoisotopic (exact) mass is 281 g/mol. The Morgan fingerprint density at radius 1 is 1.25 bits per heavy atom. The Balaban J connectivity index is 2.37. The Hall–Kier alpha value is -0.670. The van der Waals surface area contributed by atoms with Crippen molar-refractivity contribution in [2.75, 3.05) is 13.1 Å². The van der Waals surface area contributed by atoms with Crippen LogP contribution in [0.3, 0.4) is 0 Å². The van der Waals surface area contributed by atoms with Crippen LogP contribution in [0.5, 0.6) is 0 Å². The van der Waals surface area contributed by atoms with Gasteiger partial charge in [0.1, 0.15) is 6.29 Å². The van der Waals surface area contributed by atoms with Gasteiger partial charge in [-0.15, -0.1) is 0 Å². The topological polar surface area (TPSA) is 29.1 Å². The lowest BCUT2D eigenvalue weighted by Crippen LogP contribution is -2.46. The first-order valence-electron chi connectivity index (χ1n) is 5.65. The molecule has 16 heavy (non-hydrogen) atoms. The van der Waals surface area contributed by atoms with Crippen LogP contribution in [0.25, 0.3) is 0 Å². The number of benzene rings is 1. The molecule has 0 bridgehead atoms. The summed E-state index contributed by atoms with van der Waals surface area (Å²) in [4.78, 5) is 11.0. The molecule has 1 N–H and O–H groups in total. The zero-order chi connectivity index (χ0) is 11.4. The zero-order valence-electron chi connectivity index (χ0n) is 9.16. The SMILES string of the molecule is O=CC(Br)C1(c2ccccc2)CCNCC1. The summed E-state index contributed by atoms with van der Waals surface area (Å²) in [5.41, 5.74) is 1.24. The molecule has 86 valence electrons. The second kappa shape index (κ2) is 5.11. The minimum atomic E-state index is -0.0931. The van der Waals surface area contributed by atoms with E-state index < -0.39 is 0 Å². The lowest BCUT2D eigenvalue weighted by molar-refractivity contribution is -0.108. The van der Waals surface area contributed by atoms with E-state index in [1.807, 2.05) is 18.2 Å². The van der Waals surface area contributed by atoms with Gasteiger partial charge in [-0.3, -0.25) is 0 Å². The van der Waals surface area contributed by atoms with Gasteiger partial charge in [0.2, 0.25) is 0 Å². The van der Waals surface area contributed by atoms with E-state index in [-0.39, 0.29) is 10.2 Å². The van der Waals surface area contributed by atoms with E-state index in [0.29, 0.717) is 0 Å². The largest absolute Gasteiger partial charge is 0.317 e. The Morgan fingerprint density at radius 2 is 1.88 bits per heavy atom. The van der Waals surface area contributed by atoms with Gasteiger partial charge in [-0.1, -0.05) is 46.3 Å². The Morgan fingerprint density at radius 3 is 2.44 bits per heavy atom. The van der Waals surface area contributed by atoms with Crippen molar-refractivity contribution in [1.29, 1.82) is 0 Å². The number of hydrogen-bond acceptors (Lipinski definition) is 2. The van der Waals surface area contributed by atoms with Gasteiger partial charge >= 0.3 is 0 Å². The van der Waals surface area contributed by atoms with Gasteiger partial charge in [-0.2, -0.15) is 0 Å². The number of carbonyl (C=O) groups excluding carboxylic acids is 1. The highest BCUT2D eigenvalue weighted by atomic mass is 79.9. The second-order valence-electron chi connectivity index (χ2n) is 4.31. The molecule has 1 saturated heterocycles. The second-order valence-corrected chi connectivity index (χ2v) is 5.30. The number of nitrogens with one attached hydrogen (secondary N) is 1. The highest BCUT2D eigenvalue weighted by Gasteiger charge is 2.39. The molecule has 0 aliphatic carbocycles. The number of alkyl halides is 1. The lowest BCUT2D eigenvalue weighted by atomic mass is 9.71. The molecule has 1 aliphatic rings. The predicted octanol–water partition coefficient (Wildman–Crippen LogP) is 2.27. The van der Waals surface area contributed by atoms with Crippen molar-refractivity contribution in [3.8, 4) is 0 Å². The normalized spacial score (nSPS) is 21.3. The molecule has 1 aromatic rings. The number of piperidine rings is 1. The van der Waals surface area contributed by atoms with Gasteiger partial charge < -0.3 is 10.1 Å². The van der Waals surface area contributed by atoms with Gasteiger partial charge in [-0.25, -0.2) is 0 Å². The third-order valence-corrected chi connectivity index (χ3v) is 4.58. The summed E-state index contributed by atoms with van der Waals surface area (Å²) in [5.74, 6) is 0. The van der Waals surface area contributed by atoms with Crippen molar-refractivity contribution in [2.45, 2.75) is 23.1 Å². The molecule has 3 heteroatoms. The van der Waals surface area contributed by atoms with E-state index in [9.17, 15) is 4.79 Å². The van der Waals surface area contributed by atoms with Crippen molar-refractivity contribution in [2.24, 2.45) is 0 Å². The standard InChI is InChI=1S/C13H16BrNO/c14-12(10-16)13(6-8-15-9-7-13)11-4-2-1-3-5-11/h1-5,10,12,15H,6-9H2. The molecule has 0 radical (unpaired) electrons. The fourth-order valence-electron chi connectivity index (χ4n) is 2.50. The first-order valence-corrected chi connectivity index (χ1v) is 6.57. The first-order chi connectivity index (χ1) is 7.79. The molecule has 0 amide bonds. The molecule has 0 saturated carbocycles. The molecule has 1 aliphatic heterocycles. The molecule has 1 heterocycles. The summed E-state index contributed by atoms with van der Waals surface area (Å²) in [7, 11) is 0. The summed E-state index contributed by atoms with van der Waals surface area (Å²) in [6, 6.07) is 10.4. The summed E-state index contributed by atoms with van der Waals surface area (Å²) < 4.78 is 0. The molecule has 1 fully saturated rings. The molecular formula is C13H16BrNO. The third kappa shape index (κ3) is 2.06. The van der Waals surface area contributed by atoms with E-state index in [4.69, 9.17) is 0 Å². The van der Waals surface area contributed by atoms with Gasteiger partial charge in [0.05, 0.1) is 4.83 Å². The Labute approximate surface area is 105 Å². The van der Waals surface area contributed by atoms with Crippen LogP contribution in [0, 0.1) is 0 Å². The number of halogens is 1. The van der Waals surface area contributed by atoms with Crippen molar-refractivity contribution in [3.63, 3.8) is 0 Å². The number of aldehydes is 1. The summed E-state index contributed by atoms with van der Waals surface area (Å²) in [6.07, 6.45) is 3.04. The fourth-order valence-corrected chi connectivity index (χ4v) is 3.22. The predicted molar refractivity (Wildman–Crippen MR) is 69.0 cm³/mol. The lowest BCUT2D eigenvalue weighted by Gasteiger charge is -2.40. The van der Waals surface area contributed by atoms with Crippen LogP contribution in [0.1, 0.15) is 18.4 Å². The minimum Gasteiger partial charge on any atom is -0.317 e. The van der Waals surface area contributed by atoms with Crippen molar-refractivity contribution in [1.82, 2.24) is 5.32 Å². The maximum Gasteiger partial charge on any atom is 0.134 e. The highest BCUT2D eigenvalue weighted by molar-refractivity contribution is 9.10. The third-order valence-electron chi connectivity index (χ3n) is 3.49. The van der Waals surface area contributed by atoms with Gasteiger partial charge in [-0.05, 0) is 31.5 Å². The maximum absolute atomic E-state index is 11.1. The maximum atomic E-state index is 11.1. The van der Waals surface area contributed by atoms with Crippen LogP contribution in [0.4, 0.5) is 0 Å². The highest BCUT2D eigenvalue weighted by Crippen LogP contribution is 2.39. The van der Waals surface area contributed by atoms with Crippen LogP contribution in [-0.2, 0) is 10.2 Å². The molecule has 1 unspecified atom stereocenters. The van der Waals surface area contributed by atoms with E-state index >= 15 is 0 Å². The molecule has 1 aromatic carbocycles. The minimum absolute atomic E-state index is 0.0335. The number of rotatable bonds is 3. The summed E-state index contributed by atoms with van der Waals surface area (Å²) in [6.45, 7) is 1.95. The summed E-state index contributed by atoms with van der Waals surface area (Å²) >= 11 is 3.54. The van der Waals surface area contributed by atoms with E-state index in [1.54, 1.807) is 0 Å². The average Bonchev–Trinajstić information content (AvgIpc) is 2.39. The van der Waals surface area contributed by atoms with E-state index in [2.05, 4.69) is 33.4 Å². The molecule has 1 atom stereocenters. The quantitative estimate of drug-likeness (QED) is 0.680. The number of carbonyl (C=O) groups is 1. The van der Waals surface area contributed by atoms with Crippen LogP contribution in [0.15, 0.2) is 30.3 Å². The molecule has 2 nitrogen and oxygen atoms in total. The van der Waals surface area contributed by atoms with E-state index in [0.717, 1.165) is 32.2 Å². The Bertz CT molecular complexity index is 346. The van der Waals surface area contributed by atoms with Crippen molar-refractivity contribution >= 4 is 22.2 Å². The van der Waals surface area contributed by atoms with E-state index in [1.165, 1.54) is 5.56 Å². The van der Waals surface area contributed by atoms with Gasteiger partial charge in [0.25, 0.3) is 0 Å². The smallest absolute Gasteiger partial charge is 0.134 e. The first kappa shape index (κ1) is 11.8. The van der Waals surface area contributed by atoms with Crippen LogP contribution >= 0.6 is 15.9 Å². The van der Waals surface area contributed by atoms with Gasteiger partial charge in [0.15, 0.2) is 0 Å². The van der Waals surface area contributed by atoms with Crippen molar-refractivity contribution < 1.29 is 4.79 Å². The van der Waals surface area contributed by atoms with Crippen LogP contribution < -0.4 is 5.32 Å². The fraction of sp³-hybridized carbons (Fsp3) is 0.462. The molecule has 2 rings (SSSR count).